The summed E-state index contributed by atoms with van der Waals surface area (Å²) in [6, 6.07) is 9.66. The predicted molar refractivity (Wildman–Crippen MR) is 65.9 cm³/mol. The first-order valence-electron chi connectivity index (χ1n) is 5.58. The molecule has 0 saturated carbocycles. The van der Waals surface area contributed by atoms with Crippen LogP contribution in [0.2, 0.25) is 0 Å². The molecule has 0 radical (unpaired) electrons. The summed E-state index contributed by atoms with van der Waals surface area (Å²) in [7, 11) is 0. The highest BCUT2D eigenvalue weighted by Crippen LogP contribution is 2.13. The first-order chi connectivity index (χ1) is 7.87. The third-order valence-electron chi connectivity index (χ3n) is 2.04. The molecule has 1 amide bonds. The summed E-state index contributed by atoms with van der Waals surface area (Å²) < 4.78 is 5.66. The van der Waals surface area contributed by atoms with Crippen molar-refractivity contribution < 1.29 is 14.6 Å². The third-order valence-corrected chi connectivity index (χ3v) is 2.04. The molecular formula is C13H19NO3. The van der Waals surface area contributed by atoms with Crippen LogP contribution < -0.4 is 5.32 Å². The highest BCUT2D eigenvalue weighted by Gasteiger charge is 2.20. The second-order valence-electron chi connectivity index (χ2n) is 4.86. The maximum absolute atomic E-state index is 10.7. The van der Waals surface area contributed by atoms with Crippen LogP contribution in [0.25, 0.3) is 0 Å². The molecule has 0 fully saturated rings. The molecule has 0 bridgehead atoms. The van der Waals surface area contributed by atoms with E-state index in [0.717, 1.165) is 5.56 Å². The Balaban J connectivity index is 2.67. The summed E-state index contributed by atoms with van der Waals surface area (Å²) in [4.78, 5) is 10.7. The number of hydrogen-bond acceptors (Lipinski definition) is 2. The Morgan fingerprint density at radius 1 is 1.35 bits per heavy atom. The Kier molecular flexibility index (Phi) is 4.52. The van der Waals surface area contributed by atoms with Gasteiger partial charge in [-0.2, -0.15) is 0 Å². The Morgan fingerprint density at radius 2 is 1.94 bits per heavy atom. The average molecular weight is 237 g/mol. The van der Waals surface area contributed by atoms with Gasteiger partial charge in [-0.1, -0.05) is 30.3 Å². The summed E-state index contributed by atoms with van der Waals surface area (Å²) in [6.45, 7) is 5.69. The van der Waals surface area contributed by atoms with Crippen LogP contribution in [0.5, 0.6) is 0 Å². The van der Waals surface area contributed by atoms with Gasteiger partial charge in [-0.3, -0.25) is 5.32 Å². The van der Waals surface area contributed by atoms with Gasteiger partial charge in [0, 0.05) is 6.42 Å². The zero-order chi connectivity index (χ0) is 12.9. The molecule has 0 aromatic heterocycles. The predicted octanol–water partition coefficient (Wildman–Crippen LogP) is 2.64. The van der Waals surface area contributed by atoms with E-state index in [2.05, 4.69) is 5.32 Å². The van der Waals surface area contributed by atoms with E-state index in [1.165, 1.54) is 0 Å². The number of carboxylic acid groups (broad SMARTS) is 1. The fourth-order valence-electron chi connectivity index (χ4n) is 1.51. The molecule has 2 N–H and O–H groups in total. The van der Waals surface area contributed by atoms with E-state index in [4.69, 9.17) is 9.84 Å². The van der Waals surface area contributed by atoms with Crippen LogP contribution in [0.1, 0.15) is 26.3 Å². The molecular weight excluding hydrogens is 218 g/mol. The number of carbonyl (C=O) groups is 1. The number of ether oxygens (including phenoxy) is 1. The Bertz CT molecular complexity index is 357. The fourth-order valence-corrected chi connectivity index (χ4v) is 1.51. The zero-order valence-electron chi connectivity index (χ0n) is 10.4. The van der Waals surface area contributed by atoms with Crippen LogP contribution >= 0.6 is 0 Å². The average Bonchev–Trinajstić information content (AvgIpc) is 2.15. The first-order valence-corrected chi connectivity index (χ1v) is 5.58. The van der Waals surface area contributed by atoms with Crippen molar-refractivity contribution in [2.75, 3.05) is 0 Å². The molecule has 0 heterocycles. The Morgan fingerprint density at radius 3 is 2.41 bits per heavy atom. The third kappa shape index (κ3) is 5.92. The molecule has 1 aromatic rings. The lowest BCUT2D eigenvalue weighted by Crippen LogP contribution is -2.42. The summed E-state index contributed by atoms with van der Waals surface area (Å²) >= 11 is 0. The van der Waals surface area contributed by atoms with Gasteiger partial charge >= 0.3 is 6.09 Å². The van der Waals surface area contributed by atoms with Crippen LogP contribution in [-0.4, -0.2) is 23.0 Å². The number of amides is 1. The zero-order valence-corrected chi connectivity index (χ0v) is 10.4. The first kappa shape index (κ1) is 13.5. The largest absolute Gasteiger partial charge is 0.465 e. The highest BCUT2D eigenvalue weighted by molar-refractivity contribution is 5.64. The standard InChI is InChI=1S/C13H19NO3/c1-13(2,3)17-11(14-12(15)16)9-10-7-5-4-6-8-10/h4-8,11,14H,9H2,1-3H3,(H,15,16). The molecule has 1 atom stereocenters. The minimum Gasteiger partial charge on any atom is -0.465 e. The summed E-state index contributed by atoms with van der Waals surface area (Å²) in [6.07, 6.45) is -1.09. The van der Waals surface area contributed by atoms with Crippen LogP contribution in [-0.2, 0) is 11.2 Å². The van der Waals surface area contributed by atoms with Gasteiger partial charge in [0.05, 0.1) is 5.60 Å². The Labute approximate surface area is 102 Å². The lowest BCUT2D eigenvalue weighted by Gasteiger charge is -2.27. The molecule has 0 saturated heterocycles. The number of rotatable bonds is 4. The molecule has 4 nitrogen and oxygen atoms in total. The van der Waals surface area contributed by atoms with Gasteiger partial charge in [0.25, 0.3) is 0 Å². The molecule has 1 aromatic carbocycles. The maximum Gasteiger partial charge on any atom is 0.406 e. The van der Waals surface area contributed by atoms with E-state index < -0.39 is 12.3 Å². The van der Waals surface area contributed by atoms with Crippen molar-refractivity contribution >= 4 is 6.09 Å². The minimum absolute atomic E-state index is 0.387. The van der Waals surface area contributed by atoms with Gasteiger partial charge in [0.1, 0.15) is 6.23 Å². The quantitative estimate of drug-likeness (QED) is 0.791. The second-order valence-corrected chi connectivity index (χ2v) is 4.86. The van der Waals surface area contributed by atoms with E-state index >= 15 is 0 Å². The second kappa shape index (κ2) is 5.68. The van der Waals surface area contributed by atoms with Crippen LogP contribution in [0, 0.1) is 0 Å². The van der Waals surface area contributed by atoms with Crippen LogP contribution in [0.3, 0.4) is 0 Å². The van der Waals surface area contributed by atoms with Gasteiger partial charge in [0.15, 0.2) is 0 Å². The molecule has 1 rings (SSSR count). The van der Waals surface area contributed by atoms with Crippen molar-refractivity contribution in [3.8, 4) is 0 Å². The summed E-state index contributed by atoms with van der Waals surface area (Å²) in [5, 5.41) is 11.1. The summed E-state index contributed by atoms with van der Waals surface area (Å²) in [5.74, 6) is 0. The molecule has 0 spiro atoms. The van der Waals surface area contributed by atoms with Gasteiger partial charge in [-0.05, 0) is 26.3 Å². The number of nitrogens with one attached hydrogen (secondary N) is 1. The smallest absolute Gasteiger partial charge is 0.406 e. The number of hydrogen-bond donors (Lipinski definition) is 2. The SMILES string of the molecule is CC(C)(C)OC(Cc1ccccc1)NC(=O)O. The molecule has 94 valence electrons. The minimum atomic E-state index is -1.07. The monoisotopic (exact) mass is 237 g/mol. The van der Waals surface area contributed by atoms with Crippen molar-refractivity contribution in [2.45, 2.75) is 39.0 Å². The van der Waals surface area contributed by atoms with E-state index in [0.29, 0.717) is 6.42 Å². The normalized spacial score (nSPS) is 13.1. The summed E-state index contributed by atoms with van der Waals surface area (Å²) in [5.41, 5.74) is 0.650. The van der Waals surface area contributed by atoms with Gasteiger partial charge in [-0.15, -0.1) is 0 Å². The number of benzene rings is 1. The van der Waals surface area contributed by atoms with Gasteiger partial charge in [0.2, 0.25) is 0 Å². The van der Waals surface area contributed by atoms with Crippen LogP contribution in [0.15, 0.2) is 30.3 Å². The van der Waals surface area contributed by atoms with Crippen molar-refractivity contribution in [1.29, 1.82) is 0 Å². The molecule has 0 aliphatic rings. The van der Waals surface area contributed by atoms with Gasteiger partial charge in [-0.25, -0.2) is 4.79 Å². The van der Waals surface area contributed by atoms with Crippen LogP contribution in [0.4, 0.5) is 4.79 Å². The lowest BCUT2D eigenvalue weighted by atomic mass is 10.1. The molecule has 0 aliphatic heterocycles. The van der Waals surface area contributed by atoms with E-state index in [9.17, 15) is 4.79 Å². The molecule has 0 aliphatic carbocycles. The molecule has 17 heavy (non-hydrogen) atoms. The Hall–Kier alpha value is -1.55. The van der Waals surface area contributed by atoms with E-state index in [-0.39, 0.29) is 5.60 Å². The van der Waals surface area contributed by atoms with E-state index in [1.54, 1.807) is 0 Å². The van der Waals surface area contributed by atoms with E-state index in [1.807, 2.05) is 51.1 Å². The lowest BCUT2D eigenvalue weighted by molar-refractivity contribution is -0.0703. The molecule has 4 heteroatoms. The van der Waals surface area contributed by atoms with Crippen molar-refractivity contribution in [3.05, 3.63) is 35.9 Å². The highest BCUT2D eigenvalue weighted by atomic mass is 16.5. The molecule has 1 unspecified atom stereocenters. The van der Waals surface area contributed by atoms with Crippen molar-refractivity contribution in [1.82, 2.24) is 5.32 Å². The van der Waals surface area contributed by atoms with Crippen molar-refractivity contribution in [3.63, 3.8) is 0 Å². The fraction of sp³-hybridized carbons (Fsp3) is 0.462. The maximum atomic E-state index is 10.7. The van der Waals surface area contributed by atoms with Gasteiger partial charge < -0.3 is 9.84 Å². The van der Waals surface area contributed by atoms with Crippen molar-refractivity contribution in [2.24, 2.45) is 0 Å². The topological polar surface area (TPSA) is 58.6 Å².